The van der Waals surface area contributed by atoms with E-state index in [0.717, 1.165) is 0 Å². The third kappa shape index (κ3) is 4.68. The lowest BCUT2D eigenvalue weighted by Gasteiger charge is -2.25. The van der Waals surface area contributed by atoms with Crippen LogP contribution in [0.2, 0.25) is 10.0 Å². The molecule has 6 nitrogen and oxygen atoms in total. The predicted octanol–water partition coefficient (Wildman–Crippen LogP) is 2.99. The summed E-state index contributed by atoms with van der Waals surface area (Å²) in [5.41, 5.74) is 5.23. The van der Waals surface area contributed by atoms with Crippen molar-refractivity contribution < 1.29 is 19.1 Å². The Morgan fingerprint density at radius 2 is 1.73 bits per heavy atom. The van der Waals surface area contributed by atoms with Gasteiger partial charge < -0.3 is 9.47 Å². The van der Waals surface area contributed by atoms with Crippen molar-refractivity contribution in [3.8, 4) is 11.5 Å². The predicted molar refractivity (Wildman–Crippen MR) is 98.1 cm³/mol. The Kier molecular flexibility index (Phi) is 5.65. The maximum absolute atomic E-state index is 12.1. The Hall–Kier alpha value is -2.70. The topological polar surface area (TPSA) is 76.7 Å². The zero-order valence-corrected chi connectivity index (χ0v) is 14.9. The molecule has 0 fully saturated rings. The summed E-state index contributed by atoms with van der Waals surface area (Å²) in [7, 11) is 0. The van der Waals surface area contributed by atoms with Gasteiger partial charge in [-0.25, -0.2) is 0 Å². The molecule has 2 amide bonds. The van der Waals surface area contributed by atoms with Crippen molar-refractivity contribution in [2.24, 2.45) is 0 Å². The molecule has 1 heterocycles. The second-order valence-corrected chi connectivity index (χ2v) is 6.25. The zero-order valence-electron chi connectivity index (χ0n) is 13.4. The molecule has 134 valence electrons. The van der Waals surface area contributed by atoms with Gasteiger partial charge in [0.25, 0.3) is 11.8 Å². The number of hydrogen-bond donors (Lipinski definition) is 2. The SMILES string of the molecule is O=C(/C=C/c1cc(Cl)cc(Cl)c1)NNC(=O)[C@@H]1COc2ccccc2O1. The van der Waals surface area contributed by atoms with Gasteiger partial charge in [-0.15, -0.1) is 0 Å². The van der Waals surface area contributed by atoms with Crippen LogP contribution in [-0.4, -0.2) is 24.5 Å². The van der Waals surface area contributed by atoms with Crippen LogP contribution in [0.15, 0.2) is 48.5 Å². The molecule has 2 N–H and O–H groups in total. The summed E-state index contributed by atoms with van der Waals surface area (Å²) in [6.45, 7) is 0.0512. The van der Waals surface area contributed by atoms with Crippen LogP contribution in [-0.2, 0) is 9.59 Å². The number of carbonyl (C=O) groups excluding carboxylic acids is 2. The fourth-order valence-electron chi connectivity index (χ4n) is 2.24. The van der Waals surface area contributed by atoms with Crippen molar-refractivity contribution in [1.29, 1.82) is 0 Å². The van der Waals surface area contributed by atoms with E-state index >= 15 is 0 Å². The molecule has 0 saturated heterocycles. The van der Waals surface area contributed by atoms with Gasteiger partial charge in [0.15, 0.2) is 11.5 Å². The van der Waals surface area contributed by atoms with Crippen LogP contribution in [0.5, 0.6) is 11.5 Å². The van der Waals surface area contributed by atoms with Gasteiger partial charge in [-0.1, -0.05) is 35.3 Å². The second kappa shape index (κ2) is 8.12. The van der Waals surface area contributed by atoms with Crippen molar-refractivity contribution in [2.45, 2.75) is 6.10 Å². The summed E-state index contributed by atoms with van der Waals surface area (Å²) < 4.78 is 11.0. The molecule has 0 saturated carbocycles. The lowest BCUT2D eigenvalue weighted by molar-refractivity contribution is -0.134. The van der Waals surface area contributed by atoms with Gasteiger partial charge in [-0.05, 0) is 42.0 Å². The molecule has 8 heteroatoms. The highest BCUT2D eigenvalue weighted by Crippen LogP contribution is 2.30. The molecular formula is C18H14Cl2N2O4. The van der Waals surface area contributed by atoms with E-state index in [4.69, 9.17) is 32.7 Å². The minimum Gasteiger partial charge on any atom is -0.485 e. The number of rotatable bonds is 3. The van der Waals surface area contributed by atoms with Crippen LogP contribution < -0.4 is 20.3 Å². The van der Waals surface area contributed by atoms with Gasteiger partial charge in [0.1, 0.15) is 6.61 Å². The zero-order chi connectivity index (χ0) is 18.5. The molecule has 2 aromatic carbocycles. The Morgan fingerprint density at radius 1 is 1.04 bits per heavy atom. The summed E-state index contributed by atoms with van der Waals surface area (Å²) >= 11 is 11.8. The maximum Gasteiger partial charge on any atom is 0.283 e. The molecule has 26 heavy (non-hydrogen) atoms. The lowest BCUT2D eigenvalue weighted by atomic mass is 10.2. The van der Waals surface area contributed by atoms with Gasteiger partial charge in [0.2, 0.25) is 6.10 Å². The smallest absolute Gasteiger partial charge is 0.283 e. The minimum atomic E-state index is -0.860. The number of hydrazine groups is 1. The van der Waals surface area contributed by atoms with Crippen molar-refractivity contribution in [2.75, 3.05) is 6.61 Å². The molecule has 1 aliphatic rings. The fourth-order valence-corrected chi connectivity index (χ4v) is 2.78. The third-order valence-electron chi connectivity index (χ3n) is 3.42. The van der Waals surface area contributed by atoms with Gasteiger partial charge in [0.05, 0.1) is 0 Å². The molecule has 2 aromatic rings. The molecule has 0 aliphatic carbocycles. The maximum atomic E-state index is 12.1. The number of nitrogens with one attached hydrogen (secondary N) is 2. The molecule has 3 rings (SSSR count). The summed E-state index contributed by atoms with van der Waals surface area (Å²) in [6, 6.07) is 11.9. The largest absolute Gasteiger partial charge is 0.485 e. The van der Waals surface area contributed by atoms with E-state index in [1.165, 1.54) is 12.2 Å². The van der Waals surface area contributed by atoms with Gasteiger partial charge >= 0.3 is 0 Å². The summed E-state index contributed by atoms with van der Waals surface area (Å²) in [6.07, 6.45) is 1.91. The average Bonchev–Trinajstić information content (AvgIpc) is 2.63. The average molecular weight is 393 g/mol. The Labute approximate surface area is 159 Å². The summed E-state index contributed by atoms with van der Waals surface area (Å²) in [5, 5.41) is 0.918. The lowest BCUT2D eigenvalue weighted by Crippen LogP contribution is -2.50. The molecule has 0 spiro atoms. The van der Waals surface area contributed by atoms with Crippen LogP contribution in [0.25, 0.3) is 6.08 Å². The van der Waals surface area contributed by atoms with Crippen LogP contribution in [0.4, 0.5) is 0 Å². The van der Waals surface area contributed by atoms with E-state index in [2.05, 4.69) is 10.9 Å². The number of halogens is 2. The van der Waals surface area contributed by atoms with Crippen LogP contribution >= 0.6 is 23.2 Å². The monoisotopic (exact) mass is 392 g/mol. The number of benzene rings is 2. The van der Waals surface area contributed by atoms with Crippen LogP contribution in [0, 0.1) is 0 Å². The number of carbonyl (C=O) groups is 2. The minimum absolute atomic E-state index is 0.0512. The highest BCUT2D eigenvalue weighted by molar-refractivity contribution is 6.34. The summed E-state index contributed by atoms with van der Waals surface area (Å²) in [5.74, 6) is 0.00490. The van der Waals surface area contributed by atoms with E-state index in [0.29, 0.717) is 27.1 Å². The second-order valence-electron chi connectivity index (χ2n) is 5.38. The normalized spacial score (nSPS) is 15.5. The van der Waals surface area contributed by atoms with Gasteiger partial charge in [0, 0.05) is 16.1 Å². The van der Waals surface area contributed by atoms with Crippen LogP contribution in [0.3, 0.4) is 0 Å². The van der Waals surface area contributed by atoms with Gasteiger partial charge in [-0.2, -0.15) is 0 Å². The first-order valence-electron chi connectivity index (χ1n) is 7.64. The van der Waals surface area contributed by atoms with Crippen molar-refractivity contribution in [3.63, 3.8) is 0 Å². The highest BCUT2D eigenvalue weighted by atomic mass is 35.5. The van der Waals surface area contributed by atoms with E-state index in [1.807, 2.05) is 6.07 Å². The Bertz CT molecular complexity index is 850. The van der Waals surface area contributed by atoms with E-state index in [-0.39, 0.29) is 6.61 Å². The van der Waals surface area contributed by atoms with E-state index in [1.54, 1.807) is 36.4 Å². The molecule has 1 atom stereocenters. The first-order valence-corrected chi connectivity index (χ1v) is 8.39. The summed E-state index contributed by atoms with van der Waals surface area (Å²) in [4.78, 5) is 23.9. The molecule has 0 aromatic heterocycles. The van der Waals surface area contributed by atoms with Crippen molar-refractivity contribution >= 4 is 41.1 Å². The van der Waals surface area contributed by atoms with E-state index in [9.17, 15) is 9.59 Å². The highest BCUT2D eigenvalue weighted by Gasteiger charge is 2.27. The Morgan fingerprint density at radius 3 is 2.46 bits per heavy atom. The third-order valence-corrected chi connectivity index (χ3v) is 3.86. The quantitative estimate of drug-likeness (QED) is 0.621. The van der Waals surface area contributed by atoms with Crippen LogP contribution in [0.1, 0.15) is 5.56 Å². The number of para-hydroxylation sites is 2. The van der Waals surface area contributed by atoms with Crippen molar-refractivity contribution in [1.82, 2.24) is 10.9 Å². The fraction of sp³-hybridized carbons (Fsp3) is 0.111. The molecule has 0 unspecified atom stereocenters. The number of fused-ring (bicyclic) bond motifs is 1. The number of hydrogen-bond acceptors (Lipinski definition) is 4. The first kappa shape index (κ1) is 18.1. The van der Waals surface area contributed by atoms with Crippen molar-refractivity contribution in [3.05, 3.63) is 64.1 Å². The molecular weight excluding hydrogens is 379 g/mol. The Balaban J connectivity index is 1.51. The van der Waals surface area contributed by atoms with E-state index < -0.39 is 17.9 Å². The standard InChI is InChI=1S/C18H14Cl2N2O4/c19-12-7-11(8-13(20)9-12)5-6-17(23)21-22-18(24)16-10-25-14-3-1-2-4-15(14)26-16/h1-9,16H,10H2,(H,21,23)(H,22,24)/b6-5+/t16-/m0/s1. The number of ether oxygens (including phenoxy) is 2. The molecule has 0 bridgehead atoms. The molecule has 0 radical (unpaired) electrons. The number of amides is 2. The molecule has 1 aliphatic heterocycles. The first-order chi connectivity index (χ1) is 12.5. The van der Waals surface area contributed by atoms with Gasteiger partial charge in [-0.3, -0.25) is 20.4 Å².